The Morgan fingerprint density at radius 2 is 1.82 bits per heavy atom. The number of pyridine rings is 1. The summed E-state index contributed by atoms with van der Waals surface area (Å²) < 4.78 is 40.1. The first-order valence-electron chi connectivity index (χ1n) is 6.26. The molecule has 0 aliphatic heterocycles. The van der Waals surface area contributed by atoms with Crippen molar-refractivity contribution in [1.82, 2.24) is 9.55 Å². The van der Waals surface area contributed by atoms with Gasteiger partial charge in [-0.25, -0.2) is 14.3 Å². The van der Waals surface area contributed by atoms with Gasteiger partial charge in [0.05, 0.1) is 11.3 Å². The number of hydrogen-bond donors (Lipinski definition) is 1. The van der Waals surface area contributed by atoms with Crippen LogP contribution in [0, 0.1) is 0 Å². The fraction of sp³-hybridized carbons (Fsp3) is 0.0667. The predicted molar refractivity (Wildman–Crippen MR) is 73.6 cm³/mol. The van der Waals surface area contributed by atoms with Crippen LogP contribution in [-0.2, 0) is 6.18 Å². The lowest BCUT2D eigenvalue weighted by atomic mass is 10.0. The monoisotopic (exact) mass is 306 g/mol. The van der Waals surface area contributed by atoms with Gasteiger partial charge in [-0.15, -0.1) is 0 Å². The van der Waals surface area contributed by atoms with Crippen molar-refractivity contribution in [2.45, 2.75) is 6.18 Å². The highest BCUT2D eigenvalue weighted by atomic mass is 19.4. The molecular formula is C15H9F3N2O2. The minimum Gasteiger partial charge on any atom is -0.464 e. The van der Waals surface area contributed by atoms with Crippen LogP contribution in [0.25, 0.3) is 22.3 Å². The second-order valence-electron chi connectivity index (χ2n) is 4.62. The first-order valence-corrected chi connectivity index (χ1v) is 6.26. The number of benzene rings is 1. The molecule has 0 spiro atoms. The molecule has 3 aromatic rings. The molecule has 4 nitrogen and oxygen atoms in total. The van der Waals surface area contributed by atoms with Crippen LogP contribution in [0.2, 0.25) is 0 Å². The summed E-state index contributed by atoms with van der Waals surface area (Å²) in [5, 5.41) is 9.60. The zero-order valence-electron chi connectivity index (χ0n) is 11.0. The molecule has 0 unspecified atom stereocenters. The van der Waals surface area contributed by atoms with Gasteiger partial charge in [0.1, 0.15) is 5.65 Å². The van der Waals surface area contributed by atoms with E-state index in [-0.39, 0.29) is 16.9 Å². The third kappa shape index (κ3) is 2.30. The number of aromatic nitrogens is 2. The predicted octanol–water partition coefficient (Wildman–Crippen LogP) is 4.25. The molecule has 2 heterocycles. The Morgan fingerprint density at radius 1 is 1.09 bits per heavy atom. The molecule has 0 atom stereocenters. The summed E-state index contributed by atoms with van der Waals surface area (Å²) in [6.45, 7) is 0. The molecule has 1 aromatic carbocycles. The van der Waals surface area contributed by atoms with Crippen LogP contribution in [0.15, 0.2) is 48.7 Å². The second kappa shape index (κ2) is 4.87. The Balaban J connectivity index is 2.23. The van der Waals surface area contributed by atoms with E-state index in [1.165, 1.54) is 36.5 Å². The summed E-state index contributed by atoms with van der Waals surface area (Å²) in [5.41, 5.74) is -0.728. The molecule has 3 rings (SSSR count). The summed E-state index contributed by atoms with van der Waals surface area (Å²) in [7, 11) is 0. The number of halogens is 3. The molecule has 0 saturated carbocycles. The number of nitrogens with zero attached hydrogens (tertiary/aromatic N) is 2. The Hall–Kier alpha value is -2.83. The lowest BCUT2D eigenvalue weighted by Gasteiger charge is -2.12. The molecule has 0 bridgehead atoms. The highest BCUT2D eigenvalue weighted by Crippen LogP contribution is 2.36. The third-order valence-corrected chi connectivity index (χ3v) is 3.25. The summed E-state index contributed by atoms with van der Waals surface area (Å²) in [6, 6.07) is 9.58. The van der Waals surface area contributed by atoms with E-state index < -0.39 is 17.8 Å². The van der Waals surface area contributed by atoms with Crippen LogP contribution < -0.4 is 0 Å². The minimum absolute atomic E-state index is 0.0709. The maximum Gasteiger partial charge on any atom is 0.417 e. The number of carbonyl (C=O) groups is 1. The van der Waals surface area contributed by atoms with Crippen LogP contribution >= 0.6 is 0 Å². The topological polar surface area (TPSA) is 55.1 Å². The van der Waals surface area contributed by atoms with E-state index in [9.17, 15) is 18.0 Å². The van der Waals surface area contributed by atoms with Gasteiger partial charge in [-0.2, -0.15) is 13.2 Å². The van der Waals surface area contributed by atoms with Crippen LogP contribution in [0.1, 0.15) is 5.56 Å². The molecule has 7 heteroatoms. The van der Waals surface area contributed by atoms with E-state index in [1.807, 2.05) is 0 Å². The zero-order chi connectivity index (χ0) is 15.9. The van der Waals surface area contributed by atoms with Crippen LogP contribution in [0.5, 0.6) is 0 Å². The largest absolute Gasteiger partial charge is 0.464 e. The van der Waals surface area contributed by atoms with Crippen LogP contribution in [0.3, 0.4) is 0 Å². The molecule has 1 N–H and O–H groups in total. The van der Waals surface area contributed by atoms with E-state index in [4.69, 9.17) is 5.11 Å². The summed E-state index contributed by atoms with van der Waals surface area (Å²) in [4.78, 5) is 15.2. The quantitative estimate of drug-likeness (QED) is 0.731. The van der Waals surface area contributed by atoms with E-state index in [1.54, 1.807) is 6.07 Å². The maximum atomic E-state index is 13.1. The van der Waals surface area contributed by atoms with Gasteiger partial charge in [-0.3, -0.25) is 0 Å². The van der Waals surface area contributed by atoms with E-state index in [0.717, 1.165) is 10.6 Å². The number of carboxylic acid groups (broad SMARTS) is 1. The normalized spacial score (nSPS) is 11.8. The van der Waals surface area contributed by atoms with Crippen molar-refractivity contribution in [3.8, 4) is 11.3 Å². The Bertz CT molecular complexity index is 869. The van der Waals surface area contributed by atoms with Gasteiger partial charge >= 0.3 is 12.3 Å². The van der Waals surface area contributed by atoms with Crippen molar-refractivity contribution in [1.29, 1.82) is 0 Å². The zero-order valence-corrected chi connectivity index (χ0v) is 11.0. The number of alkyl halides is 3. The lowest BCUT2D eigenvalue weighted by Crippen LogP contribution is -2.09. The molecule has 22 heavy (non-hydrogen) atoms. The fourth-order valence-electron chi connectivity index (χ4n) is 2.27. The molecule has 0 radical (unpaired) electrons. The van der Waals surface area contributed by atoms with Crippen molar-refractivity contribution in [2.75, 3.05) is 0 Å². The Morgan fingerprint density at radius 3 is 2.50 bits per heavy atom. The van der Waals surface area contributed by atoms with Gasteiger partial charge in [0.15, 0.2) is 0 Å². The summed E-state index contributed by atoms with van der Waals surface area (Å²) in [5.74, 6) is 0. The smallest absolute Gasteiger partial charge is 0.417 e. The van der Waals surface area contributed by atoms with Crippen molar-refractivity contribution in [3.63, 3.8) is 0 Å². The minimum atomic E-state index is -4.51. The lowest BCUT2D eigenvalue weighted by molar-refractivity contribution is -0.137. The van der Waals surface area contributed by atoms with Crippen LogP contribution in [0.4, 0.5) is 18.0 Å². The van der Waals surface area contributed by atoms with Gasteiger partial charge in [0.2, 0.25) is 0 Å². The van der Waals surface area contributed by atoms with Gasteiger partial charge in [0.25, 0.3) is 0 Å². The molecule has 0 aliphatic carbocycles. The first-order chi connectivity index (χ1) is 10.4. The fourth-order valence-corrected chi connectivity index (χ4v) is 2.27. The Labute approximate surface area is 122 Å². The Kier molecular flexibility index (Phi) is 3.13. The standard InChI is InChI=1S/C15H9F3N2O2/c16-15(17,18)11-4-2-1-3-10(11)12-6-5-9-7-8-20(14(21)22)13(9)19-12/h1-8H,(H,21,22). The molecular weight excluding hydrogens is 297 g/mol. The molecule has 2 aromatic heterocycles. The summed E-state index contributed by atoms with van der Waals surface area (Å²) in [6.07, 6.45) is -4.45. The van der Waals surface area contributed by atoms with E-state index in [2.05, 4.69) is 4.98 Å². The van der Waals surface area contributed by atoms with Crippen molar-refractivity contribution in [3.05, 3.63) is 54.2 Å². The molecule has 112 valence electrons. The molecule has 0 aliphatic rings. The average molecular weight is 306 g/mol. The SMILES string of the molecule is O=C(O)n1ccc2ccc(-c3ccccc3C(F)(F)F)nc21. The van der Waals surface area contributed by atoms with Crippen molar-refractivity contribution in [2.24, 2.45) is 0 Å². The third-order valence-electron chi connectivity index (χ3n) is 3.25. The first kappa shape index (κ1) is 14.1. The summed E-state index contributed by atoms with van der Waals surface area (Å²) >= 11 is 0. The van der Waals surface area contributed by atoms with Crippen LogP contribution in [-0.4, -0.2) is 20.8 Å². The highest BCUT2D eigenvalue weighted by Gasteiger charge is 2.33. The number of fused-ring (bicyclic) bond motifs is 1. The number of hydrogen-bond acceptors (Lipinski definition) is 2. The van der Waals surface area contributed by atoms with Crippen molar-refractivity contribution < 1.29 is 23.1 Å². The van der Waals surface area contributed by atoms with Gasteiger partial charge in [0, 0.05) is 17.1 Å². The van der Waals surface area contributed by atoms with Gasteiger partial charge in [-0.1, -0.05) is 18.2 Å². The van der Waals surface area contributed by atoms with E-state index in [0.29, 0.717) is 5.39 Å². The van der Waals surface area contributed by atoms with Crippen molar-refractivity contribution >= 4 is 17.1 Å². The highest BCUT2D eigenvalue weighted by molar-refractivity contribution is 5.87. The average Bonchev–Trinajstić information content (AvgIpc) is 2.89. The van der Waals surface area contributed by atoms with Gasteiger partial charge < -0.3 is 5.11 Å². The number of rotatable bonds is 1. The second-order valence-corrected chi connectivity index (χ2v) is 4.62. The molecule has 0 saturated heterocycles. The molecule has 0 fully saturated rings. The molecule has 0 amide bonds. The van der Waals surface area contributed by atoms with E-state index >= 15 is 0 Å². The van der Waals surface area contributed by atoms with Gasteiger partial charge in [-0.05, 0) is 24.3 Å². The maximum absolute atomic E-state index is 13.1.